The zero-order valence-corrected chi connectivity index (χ0v) is 11.8. The van der Waals surface area contributed by atoms with Gasteiger partial charge in [-0.25, -0.2) is 0 Å². The van der Waals surface area contributed by atoms with E-state index < -0.39 is 17.8 Å². The van der Waals surface area contributed by atoms with E-state index in [1.165, 1.54) is 0 Å². The molecule has 0 radical (unpaired) electrons. The molecule has 20 heavy (non-hydrogen) atoms. The van der Waals surface area contributed by atoms with E-state index in [4.69, 9.17) is 21.4 Å². The van der Waals surface area contributed by atoms with Crippen molar-refractivity contribution in [1.82, 2.24) is 5.32 Å². The second kappa shape index (κ2) is 6.13. The number of carbonyl (C=O) groups excluding carboxylic acids is 1. The molecule has 1 aromatic carbocycles. The van der Waals surface area contributed by atoms with Crippen molar-refractivity contribution >= 4 is 23.5 Å². The van der Waals surface area contributed by atoms with Crippen LogP contribution in [0.3, 0.4) is 0 Å². The number of carboxylic acid groups (broad SMARTS) is 1. The number of hydrogen-bond acceptors (Lipinski definition) is 3. The van der Waals surface area contributed by atoms with E-state index in [0.29, 0.717) is 23.7 Å². The molecule has 108 valence electrons. The van der Waals surface area contributed by atoms with Gasteiger partial charge in [0.1, 0.15) is 11.9 Å². The van der Waals surface area contributed by atoms with Crippen LogP contribution in [0.1, 0.15) is 13.3 Å². The largest absolute Gasteiger partial charge is 0.487 e. The van der Waals surface area contributed by atoms with E-state index in [0.717, 1.165) is 0 Å². The van der Waals surface area contributed by atoms with E-state index in [1.54, 1.807) is 18.2 Å². The number of aliphatic carboxylic acids is 1. The molecule has 6 heteroatoms. The topological polar surface area (TPSA) is 75.6 Å². The SMILES string of the molecule is CC(CNC(=O)C1CC1C(=O)O)Oc1ccccc1Cl. The van der Waals surface area contributed by atoms with Crippen LogP contribution in [0.25, 0.3) is 0 Å². The Hall–Kier alpha value is -1.75. The molecular formula is C14H16ClNO4. The van der Waals surface area contributed by atoms with Crippen molar-refractivity contribution in [1.29, 1.82) is 0 Å². The molecule has 0 bridgehead atoms. The van der Waals surface area contributed by atoms with Gasteiger partial charge in [-0.2, -0.15) is 0 Å². The van der Waals surface area contributed by atoms with Gasteiger partial charge in [-0.3, -0.25) is 9.59 Å². The molecule has 1 aliphatic carbocycles. The number of carboxylic acids is 1. The fraction of sp³-hybridized carbons (Fsp3) is 0.429. The quantitative estimate of drug-likeness (QED) is 0.841. The molecule has 0 aliphatic heterocycles. The number of benzene rings is 1. The summed E-state index contributed by atoms with van der Waals surface area (Å²) >= 11 is 5.97. The predicted molar refractivity (Wildman–Crippen MR) is 73.8 cm³/mol. The molecule has 1 fully saturated rings. The summed E-state index contributed by atoms with van der Waals surface area (Å²) in [5.41, 5.74) is 0. The minimum Gasteiger partial charge on any atom is -0.487 e. The highest BCUT2D eigenvalue weighted by Gasteiger charge is 2.48. The Morgan fingerprint density at radius 1 is 1.45 bits per heavy atom. The fourth-order valence-corrected chi connectivity index (χ4v) is 2.11. The fourth-order valence-electron chi connectivity index (χ4n) is 1.93. The Morgan fingerprint density at radius 2 is 2.15 bits per heavy atom. The summed E-state index contributed by atoms with van der Waals surface area (Å²) in [6, 6.07) is 7.10. The minimum absolute atomic E-state index is 0.230. The van der Waals surface area contributed by atoms with Crippen molar-refractivity contribution in [3.63, 3.8) is 0 Å². The first-order valence-electron chi connectivity index (χ1n) is 6.40. The van der Waals surface area contributed by atoms with Gasteiger partial charge in [-0.1, -0.05) is 23.7 Å². The molecule has 0 heterocycles. The van der Waals surface area contributed by atoms with Crippen molar-refractivity contribution < 1.29 is 19.4 Å². The lowest BCUT2D eigenvalue weighted by Crippen LogP contribution is -2.35. The molecule has 0 spiro atoms. The maximum absolute atomic E-state index is 11.7. The highest BCUT2D eigenvalue weighted by Crippen LogP contribution is 2.38. The van der Waals surface area contributed by atoms with E-state index in [-0.39, 0.29) is 12.0 Å². The predicted octanol–water partition coefficient (Wildman–Crippen LogP) is 1.94. The van der Waals surface area contributed by atoms with Crippen molar-refractivity contribution in [2.75, 3.05) is 6.54 Å². The van der Waals surface area contributed by atoms with Crippen molar-refractivity contribution in [3.05, 3.63) is 29.3 Å². The number of amides is 1. The third-order valence-electron chi connectivity index (χ3n) is 3.17. The van der Waals surface area contributed by atoms with Crippen LogP contribution in [0.2, 0.25) is 5.02 Å². The number of halogens is 1. The van der Waals surface area contributed by atoms with Crippen LogP contribution in [-0.2, 0) is 9.59 Å². The van der Waals surface area contributed by atoms with Crippen LogP contribution in [0.15, 0.2) is 24.3 Å². The Balaban J connectivity index is 1.76. The number of rotatable bonds is 6. The summed E-state index contributed by atoms with van der Waals surface area (Å²) in [5, 5.41) is 12.0. The molecule has 3 unspecified atom stereocenters. The van der Waals surface area contributed by atoms with Crippen LogP contribution in [0.4, 0.5) is 0 Å². The average Bonchev–Trinajstić information content (AvgIpc) is 3.19. The van der Waals surface area contributed by atoms with E-state index >= 15 is 0 Å². The molecule has 5 nitrogen and oxygen atoms in total. The number of para-hydroxylation sites is 1. The minimum atomic E-state index is -0.912. The van der Waals surface area contributed by atoms with Gasteiger partial charge >= 0.3 is 5.97 Å². The van der Waals surface area contributed by atoms with Crippen LogP contribution in [0, 0.1) is 11.8 Å². The lowest BCUT2D eigenvalue weighted by molar-refractivity contribution is -0.140. The maximum atomic E-state index is 11.7. The van der Waals surface area contributed by atoms with Crippen LogP contribution < -0.4 is 10.1 Å². The lowest BCUT2D eigenvalue weighted by Gasteiger charge is -2.16. The van der Waals surface area contributed by atoms with Crippen LogP contribution in [0.5, 0.6) is 5.75 Å². The molecule has 0 aromatic heterocycles. The summed E-state index contributed by atoms with van der Waals surface area (Å²) in [5.74, 6) is -1.52. The molecule has 0 saturated heterocycles. The normalized spacial score (nSPS) is 21.9. The van der Waals surface area contributed by atoms with Gasteiger partial charge in [0, 0.05) is 0 Å². The summed E-state index contributed by atoms with van der Waals surface area (Å²) in [6.45, 7) is 2.12. The monoisotopic (exact) mass is 297 g/mol. The van der Waals surface area contributed by atoms with Gasteiger partial charge in [0.2, 0.25) is 5.91 Å². The summed E-state index contributed by atoms with van der Waals surface area (Å²) in [7, 11) is 0. The zero-order chi connectivity index (χ0) is 14.7. The van der Waals surface area contributed by atoms with Gasteiger partial charge in [-0.15, -0.1) is 0 Å². The molecular weight excluding hydrogens is 282 g/mol. The molecule has 1 amide bonds. The van der Waals surface area contributed by atoms with Gasteiger partial charge in [0.25, 0.3) is 0 Å². The first-order valence-corrected chi connectivity index (χ1v) is 6.78. The highest BCUT2D eigenvalue weighted by molar-refractivity contribution is 6.32. The zero-order valence-electron chi connectivity index (χ0n) is 11.0. The highest BCUT2D eigenvalue weighted by atomic mass is 35.5. The van der Waals surface area contributed by atoms with Crippen molar-refractivity contribution in [2.24, 2.45) is 11.8 Å². The van der Waals surface area contributed by atoms with Gasteiger partial charge in [0.15, 0.2) is 0 Å². The van der Waals surface area contributed by atoms with Gasteiger partial charge < -0.3 is 15.2 Å². The Kier molecular flexibility index (Phi) is 4.49. The summed E-state index contributed by atoms with van der Waals surface area (Å²) < 4.78 is 5.61. The third-order valence-corrected chi connectivity index (χ3v) is 3.49. The van der Waals surface area contributed by atoms with Gasteiger partial charge in [0.05, 0.1) is 23.4 Å². The molecule has 1 aromatic rings. The number of hydrogen-bond donors (Lipinski definition) is 2. The summed E-state index contributed by atoms with van der Waals surface area (Å²) in [4.78, 5) is 22.4. The molecule has 1 aliphatic rings. The Labute approximate surface area is 121 Å². The van der Waals surface area contributed by atoms with Crippen LogP contribution >= 0.6 is 11.6 Å². The number of carbonyl (C=O) groups is 2. The first kappa shape index (κ1) is 14.7. The molecule has 2 N–H and O–H groups in total. The average molecular weight is 298 g/mol. The van der Waals surface area contributed by atoms with Crippen molar-refractivity contribution in [2.45, 2.75) is 19.4 Å². The molecule has 1 saturated carbocycles. The molecule has 2 rings (SSSR count). The van der Waals surface area contributed by atoms with E-state index in [2.05, 4.69) is 5.32 Å². The van der Waals surface area contributed by atoms with E-state index in [9.17, 15) is 9.59 Å². The standard InChI is InChI=1S/C14H16ClNO4/c1-8(20-12-5-3-2-4-11(12)15)7-16-13(17)9-6-10(9)14(18)19/h2-5,8-10H,6-7H2,1H3,(H,16,17)(H,18,19). The second-order valence-corrected chi connectivity index (χ2v) is 5.30. The number of ether oxygens (including phenoxy) is 1. The second-order valence-electron chi connectivity index (χ2n) is 4.89. The Bertz CT molecular complexity index is 520. The molecule has 3 atom stereocenters. The Morgan fingerprint density at radius 3 is 2.75 bits per heavy atom. The maximum Gasteiger partial charge on any atom is 0.307 e. The number of nitrogens with one attached hydrogen (secondary N) is 1. The summed E-state index contributed by atoms with van der Waals surface area (Å²) in [6.07, 6.45) is 0.168. The lowest BCUT2D eigenvalue weighted by atomic mass is 10.3. The van der Waals surface area contributed by atoms with Gasteiger partial charge in [-0.05, 0) is 25.5 Å². The van der Waals surface area contributed by atoms with Crippen LogP contribution in [-0.4, -0.2) is 29.6 Å². The smallest absolute Gasteiger partial charge is 0.307 e. The van der Waals surface area contributed by atoms with E-state index in [1.807, 2.05) is 13.0 Å². The third kappa shape index (κ3) is 3.63. The first-order chi connectivity index (χ1) is 9.49. The van der Waals surface area contributed by atoms with Crippen molar-refractivity contribution in [3.8, 4) is 5.75 Å².